The summed E-state index contributed by atoms with van der Waals surface area (Å²) in [6, 6.07) is 7.29. The number of benzene rings is 1. The van der Waals surface area contributed by atoms with Crippen LogP contribution in [0.2, 0.25) is 5.02 Å². The summed E-state index contributed by atoms with van der Waals surface area (Å²) >= 11 is 10.3. The van der Waals surface area contributed by atoms with Gasteiger partial charge in [-0.2, -0.15) is 0 Å². The van der Waals surface area contributed by atoms with Crippen molar-refractivity contribution in [2.24, 2.45) is 4.99 Å². The number of carbonyl (C=O) groups is 1. The lowest BCUT2D eigenvalue weighted by Gasteiger charge is -2.31. The molecule has 4 heterocycles. The quantitative estimate of drug-likeness (QED) is 0.323. The lowest BCUT2D eigenvalue weighted by atomic mass is 9.99. The zero-order chi connectivity index (χ0) is 25.4. The van der Waals surface area contributed by atoms with E-state index in [4.69, 9.17) is 16.6 Å². The molecule has 2 aromatic heterocycles. The van der Waals surface area contributed by atoms with Gasteiger partial charge in [0.1, 0.15) is 16.9 Å². The summed E-state index contributed by atoms with van der Waals surface area (Å²) in [5.74, 6) is 1.46. The van der Waals surface area contributed by atoms with Gasteiger partial charge >= 0.3 is 0 Å². The van der Waals surface area contributed by atoms with E-state index in [-0.39, 0.29) is 12.3 Å². The molecule has 0 unspecified atom stereocenters. The van der Waals surface area contributed by atoms with Crippen molar-refractivity contribution < 1.29 is 4.79 Å². The Kier molecular flexibility index (Phi) is 7.78. The summed E-state index contributed by atoms with van der Waals surface area (Å²) in [5, 5.41) is 13.7. The molecular weight excluding hydrogens is 609 g/mol. The van der Waals surface area contributed by atoms with Crippen LogP contribution in [-0.2, 0) is 4.79 Å². The number of halogens is 2. The molecule has 0 radical (unpaired) electrons. The first-order chi connectivity index (χ1) is 17.3. The molecule has 1 saturated heterocycles. The molecule has 8 nitrogen and oxygen atoms in total. The molecule has 0 aliphatic carbocycles. The molecule has 190 valence electrons. The van der Waals surface area contributed by atoms with Crippen LogP contribution < -0.4 is 5.32 Å². The minimum Gasteiger partial charge on any atom is -0.355 e. The van der Waals surface area contributed by atoms with E-state index in [2.05, 4.69) is 64.8 Å². The van der Waals surface area contributed by atoms with Gasteiger partial charge in [-0.1, -0.05) is 23.7 Å². The fraction of sp³-hybridized carbons (Fsp3) is 0.440. The average molecular weight is 638 g/mol. The van der Waals surface area contributed by atoms with Crippen LogP contribution >= 0.6 is 45.8 Å². The van der Waals surface area contributed by atoms with Gasteiger partial charge in [0, 0.05) is 83.2 Å². The van der Waals surface area contributed by atoms with Crippen molar-refractivity contribution in [2.45, 2.75) is 33.2 Å². The fourth-order valence-corrected chi connectivity index (χ4v) is 6.45. The normalized spacial score (nSPS) is 18.4. The van der Waals surface area contributed by atoms with E-state index >= 15 is 0 Å². The van der Waals surface area contributed by atoms with E-state index in [1.807, 2.05) is 31.2 Å². The van der Waals surface area contributed by atoms with E-state index < -0.39 is 6.04 Å². The maximum absolute atomic E-state index is 13.1. The van der Waals surface area contributed by atoms with Crippen molar-refractivity contribution >= 4 is 57.4 Å². The second-order valence-electron chi connectivity index (χ2n) is 9.21. The molecule has 5 rings (SSSR count). The Morgan fingerprint density at radius 1 is 1.14 bits per heavy atom. The second kappa shape index (κ2) is 10.9. The largest absolute Gasteiger partial charge is 0.355 e. The van der Waals surface area contributed by atoms with Crippen LogP contribution in [0.3, 0.4) is 0 Å². The third-order valence-electron chi connectivity index (χ3n) is 6.80. The highest BCUT2D eigenvalue weighted by Crippen LogP contribution is 2.39. The zero-order valence-corrected chi connectivity index (χ0v) is 24.3. The van der Waals surface area contributed by atoms with Gasteiger partial charge in [0.15, 0.2) is 5.82 Å². The number of rotatable bonds is 6. The van der Waals surface area contributed by atoms with Gasteiger partial charge in [-0.15, -0.1) is 21.5 Å². The zero-order valence-electron chi connectivity index (χ0n) is 20.6. The van der Waals surface area contributed by atoms with Gasteiger partial charge in [-0.05, 0) is 38.5 Å². The highest BCUT2D eigenvalue weighted by molar-refractivity contribution is 14.1. The van der Waals surface area contributed by atoms with Crippen LogP contribution in [-0.4, -0.2) is 73.7 Å². The number of piperazine rings is 1. The molecule has 0 saturated carbocycles. The van der Waals surface area contributed by atoms with E-state index in [0.717, 1.165) is 60.4 Å². The molecule has 1 aromatic carbocycles. The summed E-state index contributed by atoms with van der Waals surface area (Å²) in [6.07, 6.45) is 0.212. The summed E-state index contributed by atoms with van der Waals surface area (Å²) < 4.78 is 4.38. The number of aryl methyl sites for hydroxylation is 2. The highest BCUT2D eigenvalue weighted by atomic mass is 127. The van der Waals surface area contributed by atoms with Crippen molar-refractivity contribution in [3.05, 3.63) is 62.5 Å². The molecule has 36 heavy (non-hydrogen) atoms. The summed E-state index contributed by atoms with van der Waals surface area (Å²) in [4.78, 5) is 21.9. The van der Waals surface area contributed by atoms with Gasteiger partial charge in [0.05, 0.1) is 12.1 Å². The number of fused-ring (bicyclic) bond motifs is 3. The number of hydrogen-bond donors (Lipinski definition) is 1. The Hall–Kier alpha value is -1.86. The van der Waals surface area contributed by atoms with Crippen molar-refractivity contribution in [3.8, 4) is 5.00 Å². The summed E-state index contributed by atoms with van der Waals surface area (Å²) in [5.41, 5.74) is 4.08. The molecule has 3 aromatic rings. The van der Waals surface area contributed by atoms with Gasteiger partial charge in [-0.3, -0.25) is 19.3 Å². The molecule has 1 N–H and O–H groups in total. The Morgan fingerprint density at radius 2 is 1.86 bits per heavy atom. The highest BCUT2D eigenvalue weighted by Gasteiger charge is 2.32. The SMILES string of the molecule is Cc1sc2c(c1C)C(c1ccc(Cl)cc1)=N[C@@H](CC(=O)NCCN1CCN(I)CC1)c1nnc(C)n1-2. The van der Waals surface area contributed by atoms with Crippen molar-refractivity contribution in [2.75, 3.05) is 39.3 Å². The van der Waals surface area contributed by atoms with Gasteiger partial charge in [0.25, 0.3) is 0 Å². The number of amides is 1. The number of aliphatic imine (C=N–C) groups is 1. The Morgan fingerprint density at radius 3 is 2.58 bits per heavy atom. The number of nitrogens with zero attached hydrogens (tertiary/aromatic N) is 6. The Balaban J connectivity index is 1.43. The predicted octanol–water partition coefficient (Wildman–Crippen LogP) is 4.27. The van der Waals surface area contributed by atoms with Crippen LogP contribution in [0.1, 0.15) is 45.7 Å². The van der Waals surface area contributed by atoms with Crippen LogP contribution in [0.25, 0.3) is 5.00 Å². The smallest absolute Gasteiger partial charge is 0.222 e. The number of aromatic nitrogens is 3. The second-order valence-corrected chi connectivity index (χ2v) is 12.2. The van der Waals surface area contributed by atoms with Crippen LogP contribution in [0.4, 0.5) is 0 Å². The molecule has 1 amide bonds. The molecular formula is C25H29ClIN7OS. The number of thiophene rings is 1. The predicted molar refractivity (Wildman–Crippen MR) is 153 cm³/mol. The monoisotopic (exact) mass is 637 g/mol. The maximum Gasteiger partial charge on any atom is 0.222 e. The van der Waals surface area contributed by atoms with E-state index in [1.165, 1.54) is 10.4 Å². The molecule has 0 bridgehead atoms. The van der Waals surface area contributed by atoms with Gasteiger partial charge in [0.2, 0.25) is 5.91 Å². The Labute approximate surface area is 234 Å². The molecule has 11 heteroatoms. The average Bonchev–Trinajstić information content (AvgIpc) is 3.33. The number of nitrogens with one attached hydrogen (secondary N) is 1. The van der Waals surface area contributed by atoms with E-state index in [1.54, 1.807) is 11.3 Å². The summed E-state index contributed by atoms with van der Waals surface area (Å²) in [6.45, 7) is 11.8. The number of hydrogen-bond acceptors (Lipinski definition) is 7. The standard InChI is InChI=1S/C25H29ClIN7OS/c1-15-16(2)36-25-22(15)23(18-4-6-19(26)7-5-18)29-20(24-31-30-17(3)34(24)25)14-21(35)28-8-9-32-10-12-33(27)13-11-32/h4-7,20H,8-14H2,1-3H3,(H,28,35)/t20-/m0/s1. The first-order valence-electron chi connectivity index (χ1n) is 12.1. The molecule has 1 fully saturated rings. The third kappa shape index (κ3) is 5.24. The molecule has 2 aliphatic rings. The number of carbonyl (C=O) groups excluding carboxylic acids is 1. The van der Waals surface area contributed by atoms with Crippen LogP contribution in [0.15, 0.2) is 29.3 Å². The van der Waals surface area contributed by atoms with Gasteiger partial charge in [-0.25, -0.2) is 3.11 Å². The van der Waals surface area contributed by atoms with Crippen molar-refractivity contribution in [1.29, 1.82) is 0 Å². The minimum absolute atomic E-state index is 0.0305. The summed E-state index contributed by atoms with van der Waals surface area (Å²) in [7, 11) is 0. The molecule has 0 spiro atoms. The fourth-order valence-electron chi connectivity index (χ4n) is 4.68. The first kappa shape index (κ1) is 25.8. The molecule has 2 aliphatic heterocycles. The van der Waals surface area contributed by atoms with Gasteiger partial charge < -0.3 is 5.32 Å². The maximum atomic E-state index is 13.1. The molecule has 1 atom stereocenters. The Bertz CT molecular complexity index is 1290. The van der Waals surface area contributed by atoms with Crippen molar-refractivity contribution in [1.82, 2.24) is 28.1 Å². The first-order valence-corrected chi connectivity index (χ1v) is 14.2. The van der Waals surface area contributed by atoms with Crippen molar-refractivity contribution in [3.63, 3.8) is 0 Å². The van der Waals surface area contributed by atoms with Crippen LogP contribution in [0, 0.1) is 20.8 Å². The van der Waals surface area contributed by atoms with Crippen LogP contribution in [0.5, 0.6) is 0 Å². The lowest BCUT2D eigenvalue weighted by molar-refractivity contribution is -0.121. The lowest BCUT2D eigenvalue weighted by Crippen LogP contribution is -2.45. The minimum atomic E-state index is -0.446. The third-order valence-corrected chi connectivity index (χ3v) is 9.21. The van der Waals surface area contributed by atoms with E-state index in [9.17, 15) is 4.79 Å². The van der Waals surface area contributed by atoms with E-state index in [0.29, 0.717) is 17.4 Å². The topological polar surface area (TPSA) is 78.7 Å².